The Morgan fingerprint density at radius 3 is 2.42 bits per heavy atom. The molecular formula is C16H21N3O4S. The number of aromatic nitrogens is 2. The maximum atomic E-state index is 12.5. The van der Waals surface area contributed by atoms with E-state index < -0.39 is 16.0 Å². The number of rotatable bonds is 5. The fraction of sp³-hybridized carbons (Fsp3) is 0.375. The summed E-state index contributed by atoms with van der Waals surface area (Å²) in [5.41, 5.74) is 0.984. The van der Waals surface area contributed by atoms with Crippen LogP contribution >= 0.6 is 0 Å². The van der Waals surface area contributed by atoms with Gasteiger partial charge < -0.3 is 4.74 Å². The molecule has 0 spiro atoms. The summed E-state index contributed by atoms with van der Waals surface area (Å²) in [6.45, 7) is 7.99. The molecule has 130 valence electrons. The number of nitrogens with one attached hydrogen (secondary N) is 2. The molecule has 0 fully saturated rings. The molecule has 2 rings (SSSR count). The van der Waals surface area contributed by atoms with E-state index in [4.69, 9.17) is 4.74 Å². The van der Waals surface area contributed by atoms with Crippen LogP contribution in [0.1, 0.15) is 43.6 Å². The number of benzene rings is 1. The molecule has 0 aliphatic rings. The second kappa shape index (κ2) is 6.64. The Morgan fingerprint density at radius 1 is 1.25 bits per heavy atom. The molecule has 0 atom stereocenters. The van der Waals surface area contributed by atoms with Gasteiger partial charge >= 0.3 is 5.97 Å². The van der Waals surface area contributed by atoms with Crippen molar-refractivity contribution in [2.45, 2.75) is 38.0 Å². The largest absolute Gasteiger partial charge is 0.462 e. The molecule has 0 saturated heterocycles. The van der Waals surface area contributed by atoms with Gasteiger partial charge in [-0.05, 0) is 30.0 Å². The zero-order chi connectivity index (χ0) is 18.0. The van der Waals surface area contributed by atoms with E-state index in [2.05, 4.69) is 14.9 Å². The quantitative estimate of drug-likeness (QED) is 0.807. The van der Waals surface area contributed by atoms with Gasteiger partial charge in [0.25, 0.3) is 10.0 Å². The van der Waals surface area contributed by atoms with E-state index in [0.717, 1.165) is 5.56 Å². The predicted octanol–water partition coefficient (Wildman–Crippen LogP) is 2.68. The number of anilines is 1. The highest BCUT2D eigenvalue weighted by atomic mass is 32.2. The number of ether oxygens (including phenoxy) is 1. The first kappa shape index (κ1) is 18.0. The van der Waals surface area contributed by atoms with Gasteiger partial charge in [-0.1, -0.05) is 32.9 Å². The van der Waals surface area contributed by atoms with Crippen LogP contribution in [-0.4, -0.2) is 31.2 Å². The lowest BCUT2D eigenvalue weighted by atomic mass is 9.87. The highest BCUT2D eigenvalue weighted by molar-refractivity contribution is 7.92. The molecule has 2 aromatic rings. The first-order valence-electron chi connectivity index (χ1n) is 7.49. The molecule has 0 unspecified atom stereocenters. The van der Waals surface area contributed by atoms with E-state index in [1.54, 1.807) is 19.1 Å². The van der Waals surface area contributed by atoms with Crippen molar-refractivity contribution in [3.05, 3.63) is 41.6 Å². The molecule has 1 aromatic heterocycles. The molecule has 0 bridgehead atoms. The van der Waals surface area contributed by atoms with Gasteiger partial charge in [-0.3, -0.25) is 9.82 Å². The monoisotopic (exact) mass is 351 g/mol. The average Bonchev–Trinajstić information content (AvgIpc) is 2.94. The number of esters is 1. The molecular weight excluding hydrogens is 330 g/mol. The third-order valence-corrected chi connectivity index (χ3v) is 4.77. The van der Waals surface area contributed by atoms with Crippen LogP contribution < -0.4 is 4.72 Å². The Labute approximate surface area is 141 Å². The molecule has 2 N–H and O–H groups in total. The lowest BCUT2D eigenvalue weighted by Crippen LogP contribution is -2.17. The van der Waals surface area contributed by atoms with E-state index in [0.29, 0.717) is 0 Å². The molecule has 7 nitrogen and oxygen atoms in total. The fourth-order valence-electron chi connectivity index (χ4n) is 2.05. The summed E-state index contributed by atoms with van der Waals surface area (Å²) in [6.07, 6.45) is 1.22. The summed E-state index contributed by atoms with van der Waals surface area (Å²) in [4.78, 5) is 11.9. The van der Waals surface area contributed by atoms with E-state index in [1.165, 1.54) is 18.3 Å². The Bertz CT molecular complexity index is 818. The van der Waals surface area contributed by atoms with Gasteiger partial charge in [0.05, 0.1) is 17.7 Å². The van der Waals surface area contributed by atoms with Crippen LogP contribution in [0.4, 0.5) is 5.82 Å². The van der Waals surface area contributed by atoms with Gasteiger partial charge in [-0.25, -0.2) is 13.2 Å². The maximum absolute atomic E-state index is 12.5. The van der Waals surface area contributed by atoms with Crippen LogP contribution in [-0.2, 0) is 20.2 Å². The Morgan fingerprint density at radius 2 is 1.88 bits per heavy atom. The highest BCUT2D eigenvalue weighted by Crippen LogP contribution is 2.24. The summed E-state index contributed by atoms with van der Waals surface area (Å²) >= 11 is 0. The van der Waals surface area contributed by atoms with Crippen molar-refractivity contribution in [3.63, 3.8) is 0 Å². The molecule has 0 saturated carbocycles. The number of hydrogen-bond acceptors (Lipinski definition) is 5. The minimum Gasteiger partial charge on any atom is -0.462 e. The van der Waals surface area contributed by atoms with Crippen LogP contribution in [0.15, 0.2) is 35.4 Å². The van der Waals surface area contributed by atoms with Gasteiger partial charge in [0, 0.05) is 0 Å². The average molecular weight is 351 g/mol. The van der Waals surface area contributed by atoms with Crippen LogP contribution in [0.25, 0.3) is 0 Å². The van der Waals surface area contributed by atoms with Gasteiger partial charge in [0.15, 0.2) is 0 Å². The highest BCUT2D eigenvalue weighted by Gasteiger charge is 2.22. The standard InChI is InChI=1S/C16H21N3O4S/c1-5-23-15(20)13-10-17-18-14(13)19-24(21,22)12-8-6-11(7-9-12)16(2,3)4/h6-10H,5H2,1-4H3,(H2,17,18,19). The van der Waals surface area contributed by atoms with E-state index in [-0.39, 0.29) is 28.3 Å². The van der Waals surface area contributed by atoms with Crippen molar-refractivity contribution in [2.75, 3.05) is 11.3 Å². The maximum Gasteiger partial charge on any atom is 0.343 e. The Hall–Kier alpha value is -2.35. The number of H-pyrrole nitrogens is 1. The van der Waals surface area contributed by atoms with Crippen LogP contribution in [0.5, 0.6) is 0 Å². The number of carbonyl (C=O) groups excluding carboxylic acids is 1. The lowest BCUT2D eigenvalue weighted by molar-refractivity contribution is 0.0527. The summed E-state index contributed by atoms with van der Waals surface area (Å²) in [5, 5.41) is 6.16. The topological polar surface area (TPSA) is 101 Å². The molecule has 0 aliphatic carbocycles. The first-order chi connectivity index (χ1) is 11.1. The minimum absolute atomic E-state index is 0.0200. The zero-order valence-electron chi connectivity index (χ0n) is 14.1. The van der Waals surface area contributed by atoms with Crippen molar-refractivity contribution in [3.8, 4) is 0 Å². The molecule has 24 heavy (non-hydrogen) atoms. The number of carbonyl (C=O) groups is 1. The van der Waals surface area contributed by atoms with Crippen molar-refractivity contribution >= 4 is 21.8 Å². The van der Waals surface area contributed by atoms with E-state index in [9.17, 15) is 13.2 Å². The van der Waals surface area contributed by atoms with Gasteiger partial charge in [-0.15, -0.1) is 0 Å². The molecule has 0 aliphatic heterocycles. The molecule has 1 heterocycles. The molecule has 1 aromatic carbocycles. The third-order valence-electron chi connectivity index (χ3n) is 3.40. The third kappa shape index (κ3) is 3.94. The summed E-state index contributed by atoms with van der Waals surface area (Å²) < 4.78 is 32.2. The second-order valence-corrected chi connectivity index (χ2v) is 7.94. The molecule has 8 heteroatoms. The first-order valence-corrected chi connectivity index (χ1v) is 8.97. The van der Waals surface area contributed by atoms with Crippen molar-refractivity contribution in [2.24, 2.45) is 0 Å². The fourth-order valence-corrected chi connectivity index (χ4v) is 3.09. The lowest BCUT2D eigenvalue weighted by Gasteiger charge is -2.19. The Kier molecular flexibility index (Phi) is 4.98. The number of sulfonamides is 1. The summed E-state index contributed by atoms with van der Waals surface area (Å²) in [5.74, 6) is -0.666. The van der Waals surface area contributed by atoms with Crippen LogP contribution in [0.3, 0.4) is 0 Å². The molecule has 0 amide bonds. The number of aromatic amines is 1. The normalized spacial score (nSPS) is 12.0. The van der Waals surface area contributed by atoms with E-state index in [1.807, 2.05) is 20.8 Å². The van der Waals surface area contributed by atoms with Crippen LogP contribution in [0, 0.1) is 0 Å². The smallest absolute Gasteiger partial charge is 0.343 e. The predicted molar refractivity (Wildman–Crippen MR) is 90.5 cm³/mol. The van der Waals surface area contributed by atoms with Crippen molar-refractivity contribution < 1.29 is 17.9 Å². The van der Waals surface area contributed by atoms with Gasteiger partial charge in [0.1, 0.15) is 11.4 Å². The summed E-state index contributed by atoms with van der Waals surface area (Å²) in [6, 6.07) is 6.61. The van der Waals surface area contributed by atoms with Gasteiger partial charge in [-0.2, -0.15) is 5.10 Å². The second-order valence-electron chi connectivity index (χ2n) is 6.26. The minimum atomic E-state index is -3.85. The SMILES string of the molecule is CCOC(=O)c1cn[nH]c1NS(=O)(=O)c1ccc(C(C)(C)C)cc1. The zero-order valence-corrected chi connectivity index (χ0v) is 14.9. The summed E-state index contributed by atoms with van der Waals surface area (Å²) in [7, 11) is -3.85. The Balaban J connectivity index is 2.27. The molecule has 0 radical (unpaired) electrons. The van der Waals surface area contributed by atoms with E-state index >= 15 is 0 Å². The number of hydrogen-bond donors (Lipinski definition) is 2. The van der Waals surface area contributed by atoms with Crippen molar-refractivity contribution in [1.29, 1.82) is 0 Å². The van der Waals surface area contributed by atoms with Gasteiger partial charge in [0.2, 0.25) is 0 Å². The van der Waals surface area contributed by atoms with Crippen LogP contribution in [0.2, 0.25) is 0 Å². The van der Waals surface area contributed by atoms with Crippen molar-refractivity contribution in [1.82, 2.24) is 10.2 Å². The number of nitrogens with zero attached hydrogens (tertiary/aromatic N) is 1.